The molecule has 0 spiro atoms. The standard InChI is InChI=1S/C38H24N4/c1-2-10-27-24-40-33(21-25(27)9-1)26-16-18-31-29-11-3-5-13-34(29)41(36(31)22-26)28-17-19-32-30-12-4-6-14-35(30)42(37(32)23-28)38-15-7-8-20-39-38/h1-24H. The molecule has 0 aliphatic rings. The van der Waals surface area contributed by atoms with E-state index in [2.05, 4.69) is 130 Å². The molecule has 42 heavy (non-hydrogen) atoms. The van der Waals surface area contributed by atoms with Gasteiger partial charge in [0.05, 0.1) is 27.8 Å². The molecule has 0 N–H and O–H groups in total. The Labute approximate surface area is 241 Å². The molecule has 0 aliphatic heterocycles. The van der Waals surface area contributed by atoms with Crippen LogP contribution >= 0.6 is 0 Å². The number of rotatable bonds is 3. The minimum atomic E-state index is 0.910. The summed E-state index contributed by atoms with van der Waals surface area (Å²) >= 11 is 0. The maximum Gasteiger partial charge on any atom is 0.137 e. The van der Waals surface area contributed by atoms with Crippen molar-refractivity contribution in [2.75, 3.05) is 0 Å². The quantitative estimate of drug-likeness (QED) is 0.225. The maximum absolute atomic E-state index is 4.83. The van der Waals surface area contributed by atoms with Gasteiger partial charge in [0.2, 0.25) is 0 Å². The van der Waals surface area contributed by atoms with Crippen LogP contribution in [0.4, 0.5) is 0 Å². The van der Waals surface area contributed by atoms with Crippen LogP contribution in [-0.4, -0.2) is 19.1 Å². The Hall–Kier alpha value is -5.74. The third-order valence-corrected chi connectivity index (χ3v) is 8.39. The highest BCUT2D eigenvalue weighted by Gasteiger charge is 2.17. The minimum absolute atomic E-state index is 0.910. The van der Waals surface area contributed by atoms with Gasteiger partial charge in [-0.1, -0.05) is 84.9 Å². The molecule has 0 aliphatic carbocycles. The van der Waals surface area contributed by atoms with Gasteiger partial charge in [-0.15, -0.1) is 0 Å². The molecule has 0 fully saturated rings. The number of aromatic nitrogens is 4. The van der Waals surface area contributed by atoms with Gasteiger partial charge in [0.1, 0.15) is 5.82 Å². The maximum atomic E-state index is 4.83. The van der Waals surface area contributed by atoms with Crippen LogP contribution < -0.4 is 0 Å². The number of hydrogen-bond donors (Lipinski definition) is 0. The molecule has 4 nitrogen and oxygen atoms in total. The molecule has 0 unspecified atom stereocenters. The van der Waals surface area contributed by atoms with Crippen LogP contribution in [0.15, 0.2) is 146 Å². The highest BCUT2D eigenvalue weighted by molar-refractivity contribution is 6.12. The number of hydrogen-bond acceptors (Lipinski definition) is 2. The van der Waals surface area contributed by atoms with E-state index in [0.29, 0.717) is 0 Å². The molecular formula is C38H24N4. The zero-order valence-electron chi connectivity index (χ0n) is 22.6. The zero-order chi connectivity index (χ0) is 27.6. The van der Waals surface area contributed by atoms with Crippen molar-refractivity contribution in [3.63, 3.8) is 0 Å². The summed E-state index contributed by atoms with van der Waals surface area (Å²) in [7, 11) is 0. The molecule has 9 aromatic rings. The van der Waals surface area contributed by atoms with E-state index in [4.69, 9.17) is 9.97 Å². The fourth-order valence-electron chi connectivity index (χ4n) is 6.48. The summed E-state index contributed by atoms with van der Waals surface area (Å²) in [6.07, 6.45) is 3.82. The van der Waals surface area contributed by atoms with Crippen LogP contribution in [0.25, 0.3) is 77.1 Å². The van der Waals surface area contributed by atoms with E-state index >= 15 is 0 Å². The van der Waals surface area contributed by atoms with Crippen LogP contribution in [0.3, 0.4) is 0 Å². The second-order valence-electron chi connectivity index (χ2n) is 10.7. The molecule has 9 rings (SSSR count). The molecular weight excluding hydrogens is 512 g/mol. The average Bonchev–Trinajstić information content (AvgIpc) is 3.57. The molecule has 0 bridgehead atoms. The Bertz CT molecular complexity index is 2470. The molecule has 0 saturated carbocycles. The Morgan fingerprint density at radius 2 is 1.07 bits per heavy atom. The fourth-order valence-corrected chi connectivity index (χ4v) is 6.48. The molecule has 0 saturated heterocycles. The average molecular weight is 537 g/mol. The molecule has 0 amide bonds. The van der Waals surface area contributed by atoms with Gasteiger partial charge in [0, 0.05) is 50.6 Å². The molecule has 4 aromatic heterocycles. The number of nitrogens with zero attached hydrogens (tertiary/aromatic N) is 4. The number of para-hydroxylation sites is 2. The van der Waals surface area contributed by atoms with Crippen molar-refractivity contribution < 1.29 is 0 Å². The van der Waals surface area contributed by atoms with E-state index in [1.54, 1.807) is 0 Å². The van der Waals surface area contributed by atoms with E-state index < -0.39 is 0 Å². The largest absolute Gasteiger partial charge is 0.309 e. The molecule has 0 radical (unpaired) electrons. The summed E-state index contributed by atoms with van der Waals surface area (Å²) in [5.41, 5.74) is 7.79. The topological polar surface area (TPSA) is 35.6 Å². The lowest BCUT2D eigenvalue weighted by Crippen LogP contribution is -1.98. The highest BCUT2D eigenvalue weighted by Crippen LogP contribution is 2.37. The summed E-state index contributed by atoms with van der Waals surface area (Å²) in [4.78, 5) is 9.56. The van der Waals surface area contributed by atoms with Crippen molar-refractivity contribution in [1.29, 1.82) is 0 Å². The van der Waals surface area contributed by atoms with Crippen LogP contribution in [0.2, 0.25) is 0 Å². The number of benzene rings is 5. The summed E-state index contributed by atoms with van der Waals surface area (Å²) in [6.45, 7) is 0. The smallest absolute Gasteiger partial charge is 0.137 e. The zero-order valence-corrected chi connectivity index (χ0v) is 22.6. The van der Waals surface area contributed by atoms with E-state index in [0.717, 1.165) is 44.7 Å². The van der Waals surface area contributed by atoms with Gasteiger partial charge in [0.25, 0.3) is 0 Å². The predicted molar refractivity (Wildman–Crippen MR) is 174 cm³/mol. The second-order valence-corrected chi connectivity index (χ2v) is 10.7. The van der Waals surface area contributed by atoms with E-state index in [1.807, 2.05) is 24.5 Å². The summed E-state index contributed by atoms with van der Waals surface area (Å²) in [5, 5.41) is 7.22. The molecule has 0 atom stereocenters. The fraction of sp³-hybridized carbons (Fsp3) is 0. The first-order valence-corrected chi connectivity index (χ1v) is 14.2. The van der Waals surface area contributed by atoms with E-state index in [-0.39, 0.29) is 0 Å². The van der Waals surface area contributed by atoms with Crippen molar-refractivity contribution in [2.45, 2.75) is 0 Å². The van der Waals surface area contributed by atoms with E-state index in [9.17, 15) is 0 Å². The Morgan fingerprint density at radius 1 is 0.429 bits per heavy atom. The van der Waals surface area contributed by atoms with Crippen LogP contribution in [0, 0.1) is 0 Å². The first-order valence-electron chi connectivity index (χ1n) is 14.2. The molecule has 4 heteroatoms. The monoisotopic (exact) mass is 536 g/mol. The number of pyridine rings is 2. The summed E-state index contributed by atoms with van der Waals surface area (Å²) in [5.74, 6) is 0.910. The van der Waals surface area contributed by atoms with Gasteiger partial charge in [0.15, 0.2) is 0 Å². The van der Waals surface area contributed by atoms with Crippen molar-refractivity contribution in [3.8, 4) is 22.8 Å². The third-order valence-electron chi connectivity index (χ3n) is 8.39. The Kier molecular flexibility index (Phi) is 4.87. The van der Waals surface area contributed by atoms with Crippen molar-refractivity contribution >= 4 is 54.4 Å². The first-order chi connectivity index (χ1) is 20.8. The van der Waals surface area contributed by atoms with Crippen molar-refractivity contribution in [1.82, 2.24) is 19.1 Å². The molecule has 196 valence electrons. The second kappa shape index (κ2) is 8.88. The molecule has 4 heterocycles. The van der Waals surface area contributed by atoms with Crippen LogP contribution in [0.1, 0.15) is 0 Å². The minimum Gasteiger partial charge on any atom is -0.309 e. The number of fused-ring (bicyclic) bond motifs is 7. The predicted octanol–water partition coefficient (Wildman–Crippen LogP) is 9.49. The lowest BCUT2D eigenvalue weighted by Gasteiger charge is -2.11. The first kappa shape index (κ1) is 23.0. The normalized spacial score (nSPS) is 11.8. The third kappa shape index (κ3) is 3.36. The summed E-state index contributed by atoms with van der Waals surface area (Å²) < 4.78 is 4.65. The van der Waals surface area contributed by atoms with E-state index in [1.165, 1.54) is 32.4 Å². The Balaban J connectivity index is 1.33. The van der Waals surface area contributed by atoms with Gasteiger partial charge in [-0.2, -0.15) is 0 Å². The SMILES string of the molecule is c1ccc(-n2c3ccccc3c3ccc(-n4c5ccccc5c5ccc(-c6cc7ccccc7cn6)cc54)cc32)nc1. The van der Waals surface area contributed by atoms with Gasteiger partial charge in [-0.3, -0.25) is 9.55 Å². The highest BCUT2D eigenvalue weighted by atomic mass is 15.1. The summed E-state index contributed by atoms with van der Waals surface area (Å²) in [6, 6.07) is 47.4. The van der Waals surface area contributed by atoms with Crippen LogP contribution in [-0.2, 0) is 0 Å². The molecule has 5 aromatic carbocycles. The van der Waals surface area contributed by atoms with Gasteiger partial charge < -0.3 is 4.57 Å². The Morgan fingerprint density at radius 3 is 1.86 bits per heavy atom. The lowest BCUT2D eigenvalue weighted by molar-refractivity contribution is 1.08. The van der Waals surface area contributed by atoms with Crippen molar-refractivity contribution in [3.05, 3.63) is 146 Å². The van der Waals surface area contributed by atoms with Gasteiger partial charge in [-0.25, -0.2) is 4.98 Å². The van der Waals surface area contributed by atoms with Crippen molar-refractivity contribution in [2.24, 2.45) is 0 Å². The van der Waals surface area contributed by atoms with Crippen LogP contribution in [0.5, 0.6) is 0 Å². The van der Waals surface area contributed by atoms with Gasteiger partial charge in [-0.05, 0) is 53.9 Å². The van der Waals surface area contributed by atoms with Gasteiger partial charge >= 0.3 is 0 Å². The lowest BCUT2D eigenvalue weighted by atomic mass is 10.1.